The largest absolute Gasteiger partial charge is 0.0928 e. The van der Waals surface area contributed by atoms with E-state index in [1.54, 1.807) is 0 Å². The summed E-state index contributed by atoms with van der Waals surface area (Å²) in [6, 6.07) is 0. The van der Waals surface area contributed by atoms with E-state index < -0.39 is 13.2 Å². The van der Waals surface area contributed by atoms with Crippen LogP contribution >= 0.6 is 15.9 Å². The first kappa shape index (κ1) is 4.49. The maximum Gasteiger partial charge on any atom is 0.0264 e. The molecule has 0 saturated carbocycles. The van der Waals surface area contributed by atoms with E-state index in [2.05, 4.69) is 15.9 Å². The van der Waals surface area contributed by atoms with E-state index in [0.717, 1.165) is 31.0 Å². The third-order valence-electron chi connectivity index (χ3n) is 1.44. The molecule has 0 unspecified atom stereocenters. The lowest BCUT2D eigenvalue weighted by Crippen LogP contribution is -1.79. The summed E-state index contributed by atoms with van der Waals surface area (Å²) in [5, 5.41) is 1.00. The van der Waals surface area contributed by atoms with E-state index in [-0.39, 0.29) is 6.42 Å². The number of hydrogen-bond donors (Lipinski definition) is 0. The van der Waals surface area contributed by atoms with Gasteiger partial charge >= 0.3 is 0 Å². The van der Waals surface area contributed by atoms with Crippen LogP contribution in [0.2, 0.25) is 0 Å². The Balaban J connectivity index is 3.58. The molecule has 0 aliphatic heterocycles. The highest BCUT2D eigenvalue weighted by Crippen LogP contribution is 2.07. The molecular formula is C9H19Br. The first-order chi connectivity index (χ1) is 6.81. The lowest BCUT2D eigenvalue weighted by molar-refractivity contribution is 0.604. The zero-order valence-corrected chi connectivity index (χ0v) is 7.91. The van der Waals surface area contributed by atoms with Crippen LogP contribution in [0.5, 0.6) is 0 Å². The standard InChI is InChI=1S/C9H19Br/c1-2-3-4-5-6-7-8-9-10/h2-9H2,1H3/i1D3,2D2. The van der Waals surface area contributed by atoms with Crippen LogP contribution in [0.1, 0.15) is 58.6 Å². The minimum absolute atomic E-state index is 0.137. The van der Waals surface area contributed by atoms with Gasteiger partial charge < -0.3 is 0 Å². The monoisotopic (exact) mass is 211 g/mol. The number of hydrogen-bond acceptors (Lipinski definition) is 0. The van der Waals surface area contributed by atoms with Crippen LogP contribution in [0, 0.1) is 0 Å². The topological polar surface area (TPSA) is 0 Å². The van der Waals surface area contributed by atoms with Gasteiger partial charge in [-0.3, -0.25) is 0 Å². The molecule has 0 spiro atoms. The Labute approximate surface area is 80.6 Å². The summed E-state index contributed by atoms with van der Waals surface area (Å²) < 4.78 is 35.9. The molecule has 0 radical (unpaired) electrons. The quantitative estimate of drug-likeness (QED) is 0.439. The van der Waals surface area contributed by atoms with Crippen LogP contribution in [0.4, 0.5) is 0 Å². The Morgan fingerprint density at radius 3 is 2.30 bits per heavy atom. The predicted molar refractivity (Wildman–Crippen MR) is 51.8 cm³/mol. The summed E-state index contributed by atoms with van der Waals surface area (Å²) in [5.41, 5.74) is 0. The molecule has 0 amide bonds. The summed E-state index contributed by atoms with van der Waals surface area (Å²) >= 11 is 3.34. The van der Waals surface area contributed by atoms with E-state index in [9.17, 15) is 0 Å². The summed E-state index contributed by atoms with van der Waals surface area (Å²) in [5.74, 6) is 0. The van der Waals surface area contributed by atoms with Gasteiger partial charge in [-0.25, -0.2) is 0 Å². The van der Waals surface area contributed by atoms with Crippen LogP contribution in [0.25, 0.3) is 0 Å². The minimum atomic E-state index is -2.48. The van der Waals surface area contributed by atoms with Crippen molar-refractivity contribution in [1.82, 2.24) is 0 Å². The zero-order chi connectivity index (χ0) is 11.9. The highest BCUT2D eigenvalue weighted by Gasteiger charge is 1.88. The molecule has 10 heavy (non-hydrogen) atoms. The molecule has 0 atom stereocenters. The van der Waals surface area contributed by atoms with E-state index in [1.807, 2.05) is 0 Å². The smallest absolute Gasteiger partial charge is 0.0264 e. The molecule has 1 heteroatoms. The van der Waals surface area contributed by atoms with Gasteiger partial charge in [-0.2, -0.15) is 0 Å². The van der Waals surface area contributed by atoms with E-state index in [1.165, 1.54) is 0 Å². The van der Waals surface area contributed by atoms with Gasteiger partial charge in [0.25, 0.3) is 0 Å². The van der Waals surface area contributed by atoms with Gasteiger partial charge in [-0.1, -0.05) is 61.3 Å². The van der Waals surface area contributed by atoms with Crippen molar-refractivity contribution in [3.05, 3.63) is 0 Å². The van der Waals surface area contributed by atoms with Crippen molar-refractivity contribution in [2.45, 2.75) is 51.7 Å². The first-order valence-electron chi connectivity index (χ1n) is 6.37. The second kappa shape index (κ2) is 9.48. The normalized spacial score (nSPS) is 20.3. The van der Waals surface area contributed by atoms with E-state index >= 15 is 0 Å². The van der Waals surface area contributed by atoms with Crippen molar-refractivity contribution in [2.24, 2.45) is 0 Å². The van der Waals surface area contributed by atoms with Crippen LogP contribution in [0.15, 0.2) is 0 Å². The molecule has 0 heterocycles. The fourth-order valence-corrected chi connectivity index (χ4v) is 1.23. The highest BCUT2D eigenvalue weighted by atomic mass is 79.9. The van der Waals surface area contributed by atoms with Gasteiger partial charge in [-0.05, 0) is 6.42 Å². The summed E-state index contributed by atoms with van der Waals surface area (Å²) in [4.78, 5) is 0. The van der Waals surface area contributed by atoms with Gasteiger partial charge in [0.1, 0.15) is 0 Å². The number of rotatable bonds is 7. The summed E-state index contributed by atoms with van der Waals surface area (Å²) in [7, 11) is 0. The SMILES string of the molecule is [2H]C([2H])([2H])C([2H])([2H])CCCCCCCBr. The number of unbranched alkanes of at least 4 members (excludes halogenated alkanes) is 4. The van der Waals surface area contributed by atoms with E-state index in [4.69, 9.17) is 6.85 Å². The average molecular weight is 212 g/mol. The zero-order valence-electron chi connectivity index (χ0n) is 11.3. The Morgan fingerprint density at radius 2 is 1.70 bits per heavy atom. The maximum atomic E-state index is 7.39. The van der Waals surface area contributed by atoms with Crippen LogP contribution in [-0.4, -0.2) is 5.33 Å². The third-order valence-corrected chi connectivity index (χ3v) is 2.00. The molecule has 0 aromatic rings. The molecule has 0 bridgehead atoms. The van der Waals surface area contributed by atoms with Crippen LogP contribution in [-0.2, 0) is 0 Å². The molecule has 0 aromatic carbocycles. The fraction of sp³-hybridized carbons (Fsp3) is 1.00. The van der Waals surface area contributed by atoms with Gasteiger partial charge in [0.05, 0.1) is 0 Å². The highest BCUT2D eigenvalue weighted by molar-refractivity contribution is 9.09. The fourth-order valence-electron chi connectivity index (χ4n) is 0.838. The van der Waals surface area contributed by atoms with Gasteiger partial charge in [0.2, 0.25) is 0 Å². The molecule has 0 fully saturated rings. The Hall–Kier alpha value is 0.480. The van der Waals surface area contributed by atoms with Gasteiger partial charge in [-0.15, -0.1) is 0 Å². The van der Waals surface area contributed by atoms with Crippen molar-refractivity contribution >= 4 is 15.9 Å². The number of halogens is 1. The molecule has 0 aromatic heterocycles. The van der Waals surface area contributed by atoms with Gasteiger partial charge in [0.15, 0.2) is 0 Å². The van der Waals surface area contributed by atoms with Crippen molar-refractivity contribution < 1.29 is 6.85 Å². The molecule has 0 rings (SSSR count). The molecule has 0 N–H and O–H groups in total. The maximum absolute atomic E-state index is 7.39. The van der Waals surface area contributed by atoms with Crippen LogP contribution < -0.4 is 0 Å². The Kier molecular flexibility index (Phi) is 4.26. The van der Waals surface area contributed by atoms with Crippen molar-refractivity contribution in [3.8, 4) is 0 Å². The molecule has 62 valence electrons. The lowest BCUT2D eigenvalue weighted by Gasteiger charge is -1.97. The molecular weight excluding hydrogens is 188 g/mol. The van der Waals surface area contributed by atoms with E-state index in [0.29, 0.717) is 6.42 Å². The Bertz CT molecular complexity index is 166. The third kappa shape index (κ3) is 8.48. The van der Waals surface area contributed by atoms with Crippen molar-refractivity contribution in [2.75, 3.05) is 5.33 Å². The minimum Gasteiger partial charge on any atom is -0.0928 e. The predicted octanol–water partition coefficient (Wildman–Crippen LogP) is 4.13. The molecule has 0 aliphatic carbocycles. The average Bonchev–Trinajstić information content (AvgIpc) is 2.09. The second-order valence-corrected chi connectivity index (χ2v) is 3.18. The van der Waals surface area contributed by atoms with Crippen molar-refractivity contribution in [1.29, 1.82) is 0 Å². The molecule has 0 aliphatic rings. The molecule has 0 nitrogen and oxygen atoms in total. The number of alkyl halides is 1. The lowest BCUT2D eigenvalue weighted by atomic mass is 10.1. The first-order valence-corrected chi connectivity index (χ1v) is 4.99. The van der Waals surface area contributed by atoms with Gasteiger partial charge in [0, 0.05) is 12.2 Å². The van der Waals surface area contributed by atoms with Crippen LogP contribution in [0.3, 0.4) is 0 Å². The summed E-state index contributed by atoms with van der Waals surface area (Å²) in [6.07, 6.45) is 3.01. The van der Waals surface area contributed by atoms with Crippen molar-refractivity contribution in [3.63, 3.8) is 0 Å². The Morgan fingerprint density at radius 1 is 1.10 bits per heavy atom. The molecule has 0 saturated heterocycles. The summed E-state index contributed by atoms with van der Waals surface area (Å²) in [6.45, 7) is -2.48. The second-order valence-electron chi connectivity index (χ2n) is 2.38.